The Balaban J connectivity index is 1.62. The van der Waals surface area contributed by atoms with Gasteiger partial charge in [-0.3, -0.25) is 9.79 Å². The maximum Gasteiger partial charge on any atom is 0.254 e. The number of nitriles is 1. The van der Waals surface area contributed by atoms with E-state index in [-0.39, 0.29) is 39.4 Å². The van der Waals surface area contributed by atoms with Crippen LogP contribution in [0.1, 0.15) is 44.2 Å². The molecule has 1 saturated heterocycles. The Hall–Kier alpha value is -2.89. The SMILES string of the molecule is C=N/C=C(Cl)\C(C(=O)NCCC(C)N1CCC(N(Cc2cc(Cl)ccc2F)c2ccc(C#N)cc2)CC1)=C(/C)Cl. The van der Waals surface area contributed by atoms with Crippen molar-refractivity contribution in [1.29, 1.82) is 5.26 Å². The molecule has 1 atom stereocenters. The van der Waals surface area contributed by atoms with E-state index in [0.717, 1.165) is 38.0 Å². The molecular formula is C30H33Cl3FN5O. The number of carbonyl (C=O) groups excluding carboxylic acids is 1. The number of piperidine rings is 1. The topological polar surface area (TPSA) is 71.7 Å². The molecule has 40 heavy (non-hydrogen) atoms. The molecule has 0 radical (unpaired) electrons. The summed E-state index contributed by atoms with van der Waals surface area (Å²) in [6.07, 6.45) is 3.80. The van der Waals surface area contributed by atoms with Crippen molar-refractivity contribution < 1.29 is 9.18 Å². The van der Waals surface area contributed by atoms with Crippen molar-refractivity contribution >= 4 is 53.1 Å². The maximum absolute atomic E-state index is 14.7. The highest BCUT2D eigenvalue weighted by atomic mass is 35.5. The summed E-state index contributed by atoms with van der Waals surface area (Å²) in [5.41, 5.74) is 2.23. The number of anilines is 1. The third-order valence-corrected chi connectivity index (χ3v) is 7.81. The normalized spacial score (nSPS) is 16.1. The Morgan fingerprint density at radius 2 is 1.95 bits per heavy atom. The summed E-state index contributed by atoms with van der Waals surface area (Å²) in [7, 11) is 0. The van der Waals surface area contributed by atoms with Crippen LogP contribution in [0.2, 0.25) is 5.02 Å². The van der Waals surface area contributed by atoms with Crippen molar-refractivity contribution in [3.8, 4) is 6.07 Å². The molecule has 1 fully saturated rings. The number of aliphatic imine (C=N–C) groups is 1. The van der Waals surface area contributed by atoms with Gasteiger partial charge in [0.1, 0.15) is 5.82 Å². The number of hydrogen-bond donors (Lipinski definition) is 1. The van der Waals surface area contributed by atoms with Crippen LogP contribution in [0.25, 0.3) is 0 Å². The van der Waals surface area contributed by atoms with Crippen LogP contribution in [0.3, 0.4) is 0 Å². The van der Waals surface area contributed by atoms with Crippen LogP contribution in [0.5, 0.6) is 0 Å². The Labute approximate surface area is 250 Å². The number of nitrogens with one attached hydrogen (secondary N) is 1. The Morgan fingerprint density at radius 1 is 1.27 bits per heavy atom. The lowest BCUT2D eigenvalue weighted by Crippen LogP contribution is -2.48. The van der Waals surface area contributed by atoms with Gasteiger partial charge in [0.2, 0.25) is 0 Å². The first-order valence-corrected chi connectivity index (χ1v) is 14.2. The van der Waals surface area contributed by atoms with Gasteiger partial charge in [-0.25, -0.2) is 4.39 Å². The second-order valence-corrected chi connectivity index (χ2v) is 11.2. The lowest BCUT2D eigenvalue weighted by atomic mass is 9.99. The van der Waals surface area contributed by atoms with E-state index in [4.69, 9.17) is 34.8 Å². The van der Waals surface area contributed by atoms with Gasteiger partial charge in [-0.1, -0.05) is 34.8 Å². The van der Waals surface area contributed by atoms with Crippen LogP contribution in [0.4, 0.5) is 10.1 Å². The number of hydrogen-bond acceptors (Lipinski definition) is 5. The van der Waals surface area contributed by atoms with Crippen LogP contribution in [0.15, 0.2) is 69.3 Å². The summed E-state index contributed by atoms with van der Waals surface area (Å²) in [6, 6.07) is 14.6. The summed E-state index contributed by atoms with van der Waals surface area (Å²) in [5, 5.41) is 13.0. The zero-order valence-electron chi connectivity index (χ0n) is 22.6. The molecule has 1 unspecified atom stereocenters. The Kier molecular flexibility index (Phi) is 12.0. The Morgan fingerprint density at radius 3 is 2.55 bits per heavy atom. The van der Waals surface area contributed by atoms with Crippen LogP contribution in [-0.2, 0) is 11.3 Å². The molecule has 0 aromatic heterocycles. The molecule has 1 aliphatic heterocycles. The zero-order chi connectivity index (χ0) is 29.2. The lowest BCUT2D eigenvalue weighted by Gasteiger charge is -2.42. The highest BCUT2D eigenvalue weighted by Gasteiger charge is 2.28. The van der Waals surface area contributed by atoms with E-state index in [0.29, 0.717) is 29.2 Å². The van der Waals surface area contributed by atoms with Gasteiger partial charge in [0, 0.05) is 65.8 Å². The summed E-state index contributed by atoms with van der Waals surface area (Å²) < 4.78 is 14.7. The van der Waals surface area contributed by atoms with Gasteiger partial charge in [0.15, 0.2) is 0 Å². The fourth-order valence-corrected chi connectivity index (χ4v) is 5.61. The Bertz CT molecular complexity index is 1290. The van der Waals surface area contributed by atoms with Crippen molar-refractivity contribution in [2.24, 2.45) is 4.99 Å². The van der Waals surface area contributed by atoms with Gasteiger partial charge in [-0.2, -0.15) is 5.26 Å². The van der Waals surface area contributed by atoms with Crippen LogP contribution in [-0.4, -0.2) is 49.2 Å². The van der Waals surface area contributed by atoms with Crippen LogP contribution < -0.4 is 10.2 Å². The average molecular weight is 605 g/mol. The van der Waals surface area contributed by atoms with Gasteiger partial charge < -0.3 is 15.1 Å². The van der Waals surface area contributed by atoms with E-state index in [1.165, 1.54) is 12.3 Å². The summed E-state index contributed by atoms with van der Waals surface area (Å²) in [6.45, 7) is 9.65. The lowest BCUT2D eigenvalue weighted by molar-refractivity contribution is -0.117. The number of halogens is 4. The molecule has 3 rings (SSSR count). The number of rotatable bonds is 11. The van der Waals surface area contributed by atoms with Crippen molar-refractivity contribution in [3.63, 3.8) is 0 Å². The molecule has 1 N–H and O–H groups in total. The molecule has 10 heteroatoms. The number of carbonyl (C=O) groups is 1. The molecular weight excluding hydrogens is 572 g/mol. The predicted molar refractivity (Wildman–Crippen MR) is 162 cm³/mol. The molecule has 0 saturated carbocycles. The molecule has 1 heterocycles. The summed E-state index contributed by atoms with van der Waals surface area (Å²) in [4.78, 5) is 20.8. The number of allylic oxidation sites excluding steroid dienone is 1. The van der Waals surface area contributed by atoms with Crippen LogP contribution >= 0.6 is 34.8 Å². The van der Waals surface area contributed by atoms with Gasteiger partial charge in [-0.15, -0.1) is 0 Å². The monoisotopic (exact) mass is 603 g/mol. The molecule has 2 aromatic rings. The van der Waals surface area contributed by atoms with E-state index < -0.39 is 0 Å². The van der Waals surface area contributed by atoms with Crippen molar-refractivity contribution in [2.75, 3.05) is 24.5 Å². The first-order chi connectivity index (χ1) is 19.1. The first kappa shape index (κ1) is 31.6. The van der Waals surface area contributed by atoms with Crippen molar-refractivity contribution in [2.45, 2.75) is 51.7 Å². The largest absolute Gasteiger partial charge is 0.364 e. The van der Waals surface area contributed by atoms with E-state index in [9.17, 15) is 14.4 Å². The van der Waals surface area contributed by atoms with Crippen molar-refractivity contribution in [3.05, 3.63) is 86.3 Å². The maximum atomic E-state index is 14.7. The minimum absolute atomic E-state index is 0.139. The predicted octanol–water partition coefficient (Wildman–Crippen LogP) is 7.01. The number of benzene rings is 2. The molecule has 1 amide bonds. The minimum atomic E-state index is -0.352. The first-order valence-electron chi connectivity index (χ1n) is 13.1. The average Bonchev–Trinajstić information content (AvgIpc) is 2.93. The molecule has 0 bridgehead atoms. The molecule has 6 nitrogen and oxygen atoms in total. The smallest absolute Gasteiger partial charge is 0.254 e. The van der Waals surface area contributed by atoms with E-state index in [2.05, 4.69) is 39.8 Å². The molecule has 212 valence electrons. The standard InChI is InChI=1S/C30H33Cl3FN5O/c1-20(10-13-37-30(40)29(21(2)31)27(33)18-36-3)38-14-11-26(12-15-38)39(25-7-4-22(17-35)5-8-25)19-23-16-24(32)6-9-28(23)34/h4-9,16,18,20,26H,3,10-15,19H2,1-2H3,(H,37,40)/b27-18+,29-21-. The van der Waals surface area contributed by atoms with Gasteiger partial charge >= 0.3 is 0 Å². The van der Waals surface area contributed by atoms with E-state index >= 15 is 0 Å². The quantitative estimate of drug-likeness (QED) is 0.170. The van der Waals surface area contributed by atoms with Gasteiger partial charge in [-0.05, 0) is 82.3 Å². The third-order valence-electron chi connectivity index (χ3n) is 7.10. The van der Waals surface area contributed by atoms with Gasteiger partial charge in [0.25, 0.3) is 5.91 Å². The fourth-order valence-electron chi connectivity index (χ4n) is 4.88. The van der Waals surface area contributed by atoms with Crippen molar-refractivity contribution in [1.82, 2.24) is 10.2 Å². The number of nitrogens with zero attached hydrogens (tertiary/aromatic N) is 4. The third kappa shape index (κ3) is 8.55. The summed E-state index contributed by atoms with van der Waals surface area (Å²) >= 11 is 18.4. The molecule has 0 spiro atoms. The molecule has 0 aliphatic carbocycles. The van der Waals surface area contributed by atoms with Gasteiger partial charge in [0.05, 0.1) is 22.2 Å². The molecule has 2 aromatic carbocycles. The minimum Gasteiger partial charge on any atom is -0.364 e. The second kappa shape index (κ2) is 15.2. The second-order valence-electron chi connectivity index (χ2n) is 9.75. The van der Waals surface area contributed by atoms with E-state index in [1.54, 1.807) is 31.2 Å². The number of amides is 1. The zero-order valence-corrected chi connectivity index (χ0v) is 24.9. The molecule has 1 aliphatic rings. The highest BCUT2D eigenvalue weighted by molar-refractivity contribution is 6.39. The fraction of sp³-hybridized carbons (Fsp3) is 0.367. The summed E-state index contributed by atoms with van der Waals surface area (Å²) in [5.74, 6) is -0.648. The van der Waals surface area contributed by atoms with E-state index in [1.807, 2.05) is 12.1 Å². The highest BCUT2D eigenvalue weighted by Crippen LogP contribution is 2.29. The van der Waals surface area contributed by atoms with Crippen LogP contribution in [0, 0.1) is 17.1 Å². The number of likely N-dealkylation sites (tertiary alicyclic amines) is 1.